The highest BCUT2D eigenvalue weighted by atomic mass is 19.1. The highest BCUT2D eigenvalue weighted by molar-refractivity contribution is 6.02. The van der Waals surface area contributed by atoms with E-state index in [1.54, 1.807) is 24.4 Å². The molecule has 0 aliphatic rings. The number of nitrogens with one attached hydrogen (secondary N) is 2. The fourth-order valence-electron chi connectivity index (χ4n) is 3.05. The predicted molar refractivity (Wildman–Crippen MR) is 110 cm³/mol. The number of aromatic amines is 1. The zero-order valence-corrected chi connectivity index (χ0v) is 15.4. The minimum absolute atomic E-state index is 0.123. The van der Waals surface area contributed by atoms with Crippen LogP contribution in [0.2, 0.25) is 0 Å². The van der Waals surface area contributed by atoms with Gasteiger partial charge in [-0.25, -0.2) is 8.78 Å². The van der Waals surface area contributed by atoms with Crippen molar-refractivity contribution in [3.8, 4) is 5.88 Å². The van der Waals surface area contributed by atoms with Crippen LogP contribution in [0, 0.1) is 11.6 Å². The summed E-state index contributed by atoms with van der Waals surface area (Å²) in [5.41, 5.74) is 2.58. The van der Waals surface area contributed by atoms with Crippen LogP contribution in [0.1, 0.15) is 11.3 Å². The molecule has 2 aromatic carbocycles. The molecule has 0 radical (unpaired) electrons. The number of aliphatic imine (C=N–C) groups is 1. The van der Waals surface area contributed by atoms with Gasteiger partial charge in [-0.15, -0.1) is 0 Å². The molecule has 0 bridgehead atoms. The first-order valence-corrected chi connectivity index (χ1v) is 9.08. The summed E-state index contributed by atoms with van der Waals surface area (Å²) in [7, 11) is 0. The third kappa shape index (κ3) is 4.24. The molecule has 5 nitrogen and oxygen atoms in total. The van der Waals surface area contributed by atoms with Crippen LogP contribution in [0.15, 0.2) is 65.8 Å². The largest absolute Gasteiger partial charge is 0.494 e. The Bertz CT molecular complexity index is 1170. The molecule has 3 N–H and O–H groups in total. The zero-order valence-electron chi connectivity index (χ0n) is 15.4. The van der Waals surface area contributed by atoms with Crippen molar-refractivity contribution in [2.75, 3.05) is 11.9 Å². The number of aromatic hydroxyl groups is 1. The van der Waals surface area contributed by atoms with Crippen molar-refractivity contribution in [3.63, 3.8) is 0 Å². The molecular weight excluding hydrogens is 374 g/mol. The van der Waals surface area contributed by atoms with Crippen molar-refractivity contribution in [1.29, 1.82) is 0 Å². The Kier molecular flexibility index (Phi) is 5.20. The molecule has 7 heteroatoms. The van der Waals surface area contributed by atoms with E-state index in [0.29, 0.717) is 40.8 Å². The first-order chi connectivity index (χ1) is 14.1. The van der Waals surface area contributed by atoms with Gasteiger partial charge in [0.15, 0.2) is 5.88 Å². The van der Waals surface area contributed by atoms with E-state index in [1.807, 2.05) is 18.2 Å². The van der Waals surface area contributed by atoms with E-state index >= 15 is 0 Å². The van der Waals surface area contributed by atoms with Crippen LogP contribution in [0.25, 0.3) is 10.9 Å². The third-order valence-electron chi connectivity index (χ3n) is 4.50. The molecule has 4 aromatic rings. The topological polar surface area (TPSA) is 73.3 Å². The van der Waals surface area contributed by atoms with E-state index in [-0.39, 0.29) is 5.88 Å². The average Bonchev–Trinajstić information content (AvgIpc) is 3.02. The van der Waals surface area contributed by atoms with Crippen LogP contribution >= 0.6 is 0 Å². The number of nitrogens with zero attached hydrogens (tertiary/aromatic N) is 2. The Balaban J connectivity index is 1.46. The lowest BCUT2D eigenvalue weighted by Gasteiger charge is -2.07. The number of benzene rings is 2. The normalized spacial score (nSPS) is 11.4. The number of hydrogen-bond donors (Lipinski definition) is 3. The van der Waals surface area contributed by atoms with Gasteiger partial charge >= 0.3 is 0 Å². The minimum Gasteiger partial charge on any atom is -0.494 e. The minimum atomic E-state index is -0.425. The van der Waals surface area contributed by atoms with Gasteiger partial charge in [-0.3, -0.25) is 9.98 Å². The Labute approximate surface area is 165 Å². The number of halogens is 2. The molecule has 0 aliphatic carbocycles. The fourth-order valence-corrected chi connectivity index (χ4v) is 3.05. The highest BCUT2D eigenvalue weighted by Crippen LogP contribution is 2.27. The Morgan fingerprint density at radius 2 is 2.00 bits per heavy atom. The van der Waals surface area contributed by atoms with Gasteiger partial charge in [0.2, 0.25) is 0 Å². The van der Waals surface area contributed by atoms with E-state index in [9.17, 15) is 13.9 Å². The Hall–Kier alpha value is -3.74. The summed E-state index contributed by atoms with van der Waals surface area (Å²) < 4.78 is 27.7. The number of aromatic nitrogens is 2. The molecule has 0 unspecified atom stereocenters. The second-order valence-electron chi connectivity index (χ2n) is 6.50. The molecule has 4 rings (SSSR count). The first-order valence-electron chi connectivity index (χ1n) is 9.08. The van der Waals surface area contributed by atoms with Gasteiger partial charge < -0.3 is 15.4 Å². The molecule has 0 atom stereocenters. The van der Waals surface area contributed by atoms with E-state index in [2.05, 4.69) is 20.3 Å². The van der Waals surface area contributed by atoms with Gasteiger partial charge in [-0.2, -0.15) is 0 Å². The molecule has 29 heavy (non-hydrogen) atoms. The van der Waals surface area contributed by atoms with Crippen molar-refractivity contribution in [2.24, 2.45) is 4.99 Å². The first kappa shape index (κ1) is 18.6. The lowest BCUT2D eigenvalue weighted by Crippen LogP contribution is -2.07. The van der Waals surface area contributed by atoms with Crippen molar-refractivity contribution < 1.29 is 13.9 Å². The second kappa shape index (κ2) is 8.10. The molecule has 146 valence electrons. The Morgan fingerprint density at radius 1 is 1.10 bits per heavy atom. The predicted octanol–water partition coefficient (Wildman–Crippen LogP) is 4.95. The van der Waals surface area contributed by atoms with Crippen molar-refractivity contribution in [2.45, 2.75) is 6.42 Å². The van der Waals surface area contributed by atoms with Crippen LogP contribution in [-0.2, 0) is 6.42 Å². The SMILES string of the molecule is Oc1[nH]c2cc(F)ccc2c1C=Nc1ccc(NCCc2ccccn2)c(F)c1. The summed E-state index contributed by atoms with van der Waals surface area (Å²) in [5.74, 6) is -0.955. The van der Waals surface area contributed by atoms with Crippen molar-refractivity contribution in [3.05, 3.63) is 83.7 Å². The third-order valence-corrected chi connectivity index (χ3v) is 4.50. The van der Waals surface area contributed by atoms with E-state index in [1.165, 1.54) is 24.4 Å². The van der Waals surface area contributed by atoms with Gasteiger partial charge in [0, 0.05) is 42.5 Å². The number of rotatable bonds is 6. The quantitative estimate of drug-likeness (QED) is 0.407. The lowest BCUT2D eigenvalue weighted by molar-refractivity contribution is 0.457. The Morgan fingerprint density at radius 3 is 2.79 bits per heavy atom. The van der Waals surface area contributed by atoms with Crippen molar-refractivity contribution >= 4 is 28.5 Å². The maximum absolute atomic E-state index is 14.4. The van der Waals surface area contributed by atoms with Crippen LogP contribution < -0.4 is 5.32 Å². The number of fused-ring (bicyclic) bond motifs is 1. The van der Waals surface area contributed by atoms with Gasteiger partial charge in [0.1, 0.15) is 11.6 Å². The molecular formula is C22H18F2N4O. The fraction of sp³-hybridized carbons (Fsp3) is 0.0909. The molecule has 0 saturated carbocycles. The van der Waals surface area contributed by atoms with Gasteiger partial charge in [0.25, 0.3) is 0 Å². The zero-order chi connectivity index (χ0) is 20.2. The summed E-state index contributed by atoms with van der Waals surface area (Å²) in [5, 5.41) is 13.7. The van der Waals surface area contributed by atoms with E-state index in [4.69, 9.17) is 0 Å². The number of H-pyrrole nitrogens is 1. The number of anilines is 1. The smallest absolute Gasteiger partial charge is 0.198 e. The van der Waals surface area contributed by atoms with Gasteiger partial charge in [-0.1, -0.05) is 6.07 Å². The molecule has 0 fully saturated rings. The van der Waals surface area contributed by atoms with E-state index in [0.717, 1.165) is 5.69 Å². The summed E-state index contributed by atoms with van der Waals surface area (Å²) in [4.78, 5) is 11.2. The standard InChI is InChI=1S/C22H18F2N4O/c23-14-4-6-17-18(22(29)28-21(17)11-14)13-27-16-5-7-20(19(24)12-16)26-10-8-15-3-1-2-9-25-15/h1-7,9,11-13,26,28-29H,8,10H2. The highest BCUT2D eigenvalue weighted by Gasteiger charge is 2.10. The molecule has 0 saturated heterocycles. The maximum Gasteiger partial charge on any atom is 0.198 e. The number of hydrogen-bond acceptors (Lipinski definition) is 4. The van der Waals surface area contributed by atoms with Crippen LogP contribution in [-0.4, -0.2) is 27.8 Å². The summed E-state index contributed by atoms with van der Waals surface area (Å²) in [6.07, 6.45) is 3.83. The summed E-state index contributed by atoms with van der Waals surface area (Å²) >= 11 is 0. The average molecular weight is 392 g/mol. The molecule has 0 amide bonds. The van der Waals surface area contributed by atoms with Gasteiger partial charge in [-0.05, 0) is 42.5 Å². The molecule has 0 aliphatic heterocycles. The van der Waals surface area contributed by atoms with Crippen LogP contribution in [0.5, 0.6) is 5.88 Å². The number of pyridine rings is 1. The van der Waals surface area contributed by atoms with Gasteiger partial charge in [0.05, 0.1) is 22.5 Å². The van der Waals surface area contributed by atoms with Crippen molar-refractivity contribution in [1.82, 2.24) is 9.97 Å². The lowest BCUT2D eigenvalue weighted by atomic mass is 10.2. The molecule has 2 aromatic heterocycles. The molecule has 0 spiro atoms. The van der Waals surface area contributed by atoms with Crippen LogP contribution in [0.3, 0.4) is 0 Å². The summed E-state index contributed by atoms with van der Waals surface area (Å²) in [6, 6.07) is 14.4. The monoisotopic (exact) mass is 392 g/mol. The van der Waals surface area contributed by atoms with E-state index < -0.39 is 11.6 Å². The summed E-state index contributed by atoms with van der Waals surface area (Å²) in [6.45, 7) is 0.552. The second-order valence-corrected chi connectivity index (χ2v) is 6.50. The maximum atomic E-state index is 14.4. The van der Waals surface area contributed by atoms with Crippen LogP contribution in [0.4, 0.5) is 20.2 Å². The molecule has 2 heterocycles.